The molecule has 8 heteroatoms. The highest BCUT2D eigenvalue weighted by molar-refractivity contribution is 7.93. The van der Waals surface area contributed by atoms with Crippen LogP contribution >= 0.6 is 11.5 Å². The highest BCUT2D eigenvalue weighted by Crippen LogP contribution is 2.18. The molecule has 0 saturated heterocycles. The molecule has 6 nitrogen and oxygen atoms in total. The topological polar surface area (TPSA) is 95.7 Å². The lowest BCUT2D eigenvalue weighted by atomic mass is 10.2. The third-order valence-corrected chi connectivity index (χ3v) is 4.21. The summed E-state index contributed by atoms with van der Waals surface area (Å²) < 4.78 is 30.2. The Morgan fingerprint density at radius 2 is 2.22 bits per heavy atom. The van der Waals surface area contributed by atoms with Crippen LogP contribution < -0.4 is 4.72 Å². The molecule has 1 N–H and O–H groups in total. The normalized spacial score (nSPS) is 10.9. The Kier molecular flexibility index (Phi) is 3.27. The third kappa shape index (κ3) is 2.64. The number of hydrogen-bond acceptors (Lipinski definition) is 6. The number of rotatable bonds is 3. The van der Waals surface area contributed by atoms with Gasteiger partial charge in [0.2, 0.25) is 5.13 Å². The van der Waals surface area contributed by atoms with Crippen molar-refractivity contribution in [3.05, 3.63) is 35.7 Å². The van der Waals surface area contributed by atoms with Gasteiger partial charge >= 0.3 is 0 Å². The first-order chi connectivity index (χ1) is 8.51. The maximum absolute atomic E-state index is 12.0. The third-order valence-electron chi connectivity index (χ3n) is 2.02. The second-order valence-electron chi connectivity index (χ2n) is 3.39. The molecule has 0 fully saturated rings. The van der Waals surface area contributed by atoms with E-state index in [1.54, 1.807) is 6.92 Å². The van der Waals surface area contributed by atoms with Gasteiger partial charge in [0.15, 0.2) is 0 Å². The van der Waals surface area contributed by atoms with Crippen molar-refractivity contribution < 1.29 is 8.42 Å². The number of hydrogen-bond donors (Lipinski definition) is 1. The van der Waals surface area contributed by atoms with Gasteiger partial charge in [-0.3, -0.25) is 4.72 Å². The standard InChI is InChI=1S/C10H8N4O2S2/c1-7-12-10(17-13-7)14-18(15,16)9-4-2-3-8(5-9)6-11/h2-5H,1H3,(H,12,13,14). The van der Waals surface area contributed by atoms with Crippen LogP contribution in [0.25, 0.3) is 0 Å². The number of nitrogens with zero attached hydrogens (tertiary/aromatic N) is 3. The lowest BCUT2D eigenvalue weighted by Crippen LogP contribution is -2.12. The van der Waals surface area contributed by atoms with Crippen LogP contribution in [0.5, 0.6) is 0 Å². The van der Waals surface area contributed by atoms with Crippen molar-refractivity contribution in [3.8, 4) is 6.07 Å². The minimum Gasteiger partial charge on any atom is -0.253 e. The number of aryl methyl sites for hydroxylation is 1. The van der Waals surface area contributed by atoms with E-state index < -0.39 is 10.0 Å². The van der Waals surface area contributed by atoms with Crippen LogP contribution in [0.3, 0.4) is 0 Å². The summed E-state index contributed by atoms with van der Waals surface area (Å²) in [6.45, 7) is 1.67. The van der Waals surface area contributed by atoms with Crippen LogP contribution in [0.2, 0.25) is 0 Å². The summed E-state index contributed by atoms with van der Waals surface area (Å²) in [6, 6.07) is 7.65. The van der Waals surface area contributed by atoms with Crippen LogP contribution in [0.15, 0.2) is 29.2 Å². The molecule has 0 atom stereocenters. The smallest absolute Gasteiger partial charge is 0.253 e. The first-order valence-corrected chi connectivity index (χ1v) is 7.10. The Labute approximate surface area is 108 Å². The average Bonchev–Trinajstić information content (AvgIpc) is 2.74. The second-order valence-corrected chi connectivity index (χ2v) is 5.83. The van der Waals surface area contributed by atoms with Crippen molar-refractivity contribution in [1.29, 1.82) is 5.26 Å². The summed E-state index contributed by atoms with van der Waals surface area (Å²) >= 11 is 0.965. The molecule has 0 bridgehead atoms. The fourth-order valence-corrected chi connectivity index (χ4v) is 3.09. The number of nitriles is 1. The van der Waals surface area contributed by atoms with Crippen molar-refractivity contribution in [1.82, 2.24) is 9.36 Å². The zero-order chi connectivity index (χ0) is 13.2. The van der Waals surface area contributed by atoms with Gasteiger partial charge in [0, 0.05) is 11.5 Å². The van der Waals surface area contributed by atoms with E-state index in [1.165, 1.54) is 24.3 Å². The number of sulfonamides is 1. The van der Waals surface area contributed by atoms with E-state index in [2.05, 4.69) is 14.1 Å². The van der Waals surface area contributed by atoms with Crippen LogP contribution in [-0.4, -0.2) is 17.8 Å². The Bertz CT molecular complexity index is 715. The van der Waals surface area contributed by atoms with E-state index in [1.807, 2.05) is 6.07 Å². The lowest BCUT2D eigenvalue weighted by Gasteiger charge is -2.04. The van der Waals surface area contributed by atoms with Crippen molar-refractivity contribution in [2.45, 2.75) is 11.8 Å². The first-order valence-electron chi connectivity index (χ1n) is 4.84. The van der Waals surface area contributed by atoms with Gasteiger partial charge < -0.3 is 0 Å². The summed E-state index contributed by atoms with van der Waals surface area (Å²) in [5, 5.41) is 8.94. The lowest BCUT2D eigenvalue weighted by molar-refractivity contribution is 0.601. The van der Waals surface area contributed by atoms with E-state index in [0.717, 1.165) is 11.5 Å². The molecular formula is C10H8N4O2S2. The average molecular weight is 280 g/mol. The molecule has 0 aliphatic heterocycles. The molecule has 2 aromatic rings. The van der Waals surface area contributed by atoms with Gasteiger partial charge in [0.1, 0.15) is 5.82 Å². The van der Waals surface area contributed by atoms with Gasteiger partial charge in [-0.05, 0) is 25.1 Å². The minimum atomic E-state index is -3.73. The van der Waals surface area contributed by atoms with Crippen molar-refractivity contribution in [3.63, 3.8) is 0 Å². The second kappa shape index (κ2) is 4.72. The predicted molar refractivity (Wildman–Crippen MR) is 66.6 cm³/mol. The van der Waals surface area contributed by atoms with Gasteiger partial charge in [0.25, 0.3) is 10.0 Å². The molecule has 0 radical (unpaired) electrons. The molecule has 1 aromatic heterocycles. The fourth-order valence-electron chi connectivity index (χ4n) is 1.25. The van der Waals surface area contributed by atoms with Crippen LogP contribution in [0, 0.1) is 18.3 Å². The monoisotopic (exact) mass is 280 g/mol. The molecule has 0 spiro atoms. The molecule has 0 unspecified atom stereocenters. The molecule has 0 aliphatic carbocycles. The van der Waals surface area contributed by atoms with Gasteiger partial charge in [-0.2, -0.15) is 9.64 Å². The predicted octanol–water partition coefficient (Wildman–Crippen LogP) is 1.52. The fraction of sp³-hybridized carbons (Fsp3) is 0.100. The maximum Gasteiger partial charge on any atom is 0.263 e. The molecular weight excluding hydrogens is 272 g/mol. The number of nitrogens with one attached hydrogen (secondary N) is 1. The SMILES string of the molecule is Cc1nsc(NS(=O)(=O)c2cccc(C#N)c2)n1. The summed E-state index contributed by atoms with van der Waals surface area (Å²) in [5.74, 6) is 0.503. The zero-order valence-electron chi connectivity index (χ0n) is 9.28. The van der Waals surface area contributed by atoms with Gasteiger partial charge in [0.05, 0.1) is 16.5 Å². The Hall–Kier alpha value is -1.98. The number of anilines is 1. The van der Waals surface area contributed by atoms with Gasteiger partial charge in [-0.25, -0.2) is 13.4 Å². The minimum absolute atomic E-state index is 0.0226. The Balaban J connectivity index is 2.34. The van der Waals surface area contributed by atoms with Crippen LogP contribution in [0.1, 0.15) is 11.4 Å². The summed E-state index contributed by atoms with van der Waals surface area (Å²) in [5.41, 5.74) is 0.284. The molecule has 0 aliphatic rings. The van der Waals surface area contributed by atoms with Crippen molar-refractivity contribution in [2.75, 3.05) is 4.72 Å². The van der Waals surface area contributed by atoms with Crippen LogP contribution in [-0.2, 0) is 10.0 Å². The van der Waals surface area contributed by atoms with E-state index in [0.29, 0.717) is 5.82 Å². The molecule has 2 rings (SSSR count). The summed E-state index contributed by atoms with van der Waals surface area (Å²) in [6.07, 6.45) is 0. The molecule has 92 valence electrons. The zero-order valence-corrected chi connectivity index (χ0v) is 10.9. The number of aromatic nitrogens is 2. The van der Waals surface area contributed by atoms with Crippen LogP contribution in [0.4, 0.5) is 5.13 Å². The summed E-state index contributed by atoms with van der Waals surface area (Å²) in [4.78, 5) is 3.94. The van der Waals surface area contributed by atoms with E-state index >= 15 is 0 Å². The van der Waals surface area contributed by atoms with E-state index in [-0.39, 0.29) is 15.6 Å². The highest BCUT2D eigenvalue weighted by Gasteiger charge is 2.16. The first kappa shape index (κ1) is 12.5. The molecule has 1 aromatic carbocycles. The Morgan fingerprint density at radius 3 is 2.83 bits per heavy atom. The highest BCUT2D eigenvalue weighted by atomic mass is 32.2. The quantitative estimate of drug-likeness (QED) is 0.919. The molecule has 18 heavy (non-hydrogen) atoms. The van der Waals surface area contributed by atoms with Gasteiger partial charge in [-0.1, -0.05) is 6.07 Å². The Morgan fingerprint density at radius 1 is 1.44 bits per heavy atom. The van der Waals surface area contributed by atoms with E-state index in [4.69, 9.17) is 5.26 Å². The molecule has 1 heterocycles. The number of benzene rings is 1. The maximum atomic E-state index is 12.0. The molecule has 0 amide bonds. The van der Waals surface area contributed by atoms with Gasteiger partial charge in [-0.15, -0.1) is 0 Å². The van der Waals surface area contributed by atoms with E-state index in [9.17, 15) is 8.42 Å². The van der Waals surface area contributed by atoms with Crippen molar-refractivity contribution in [2.24, 2.45) is 0 Å². The molecule has 0 saturated carbocycles. The largest absolute Gasteiger partial charge is 0.263 e. The van der Waals surface area contributed by atoms with Crippen molar-refractivity contribution >= 4 is 26.7 Å². The summed E-state index contributed by atoms with van der Waals surface area (Å²) in [7, 11) is -3.73.